The third kappa shape index (κ3) is 4.38. The van der Waals surface area contributed by atoms with Crippen LogP contribution in [0.4, 0.5) is 23.5 Å². The number of anilines is 1. The van der Waals surface area contributed by atoms with Crippen LogP contribution in [0.15, 0.2) is 54.7 Å². The molecule has 2 aromatic heterocycles. The fraction of sp³-hybridized carbons (Fsp3) is 0.217. The van der Waals surface area contributed by atoms with Crippen LogP contribution in [0.25, 0.3) is 16.8 Å². The highest BCUT2D eigenvalue weighted by atomic mass is 35.5. The van der Waals surface area contributed by atoms with Gasteiger partial charge in [0.15, 0.2) is 22.8 Å². The van der Waals surface area contributed by atoms with Crippen molar-refractivity contribution in [2.24, 2.45) is 0 Å². The average molecular weight is 495 g/mol. The first-order chi connectivity index (χ1) is 16.0. The number of halogens is 5. The van der Waals surface area contributed by atoms with Gasteiger partial charge in [0.05, 0.1) is 11.6 Å². The predicted molar refractivity (Wildman–Crippen MR) is 119 cm³/mol. The Bertz CT molecular complexity index is 1340. The molecule has 0 amide bonds. The third-order valence-electron chi connectivity index (χ3n) is 5.49. The van der Waals surface area contributed by atoms with Gasteiger partial charge in [-0.2, -0.15) is 4.98 Å². The zero-order chi connectivity index (χ0) is 24.7. The molecule has 0 bridgehead atoms. The molecule has 2 heterocycles. The standard InChI is InChI=1S/C23H19ClF4N4O2/c1-22(33,14-2-4-15(25)5-3-14)23(27,28)9-11-34-20-17(24)7-6-16(19(20)26)13-8-10-32-18(12-13)30-21(29)31-32/h2-8,10,12,33H,9,11H2,1H3,(H2,29,31). The van der Waals surface area contributed by atoms with Gasteiger partial charge in [0, 0.05) is 18.2 Å². The molecule has 0 saturated carbocycles. The molecule has 11 heteroatoms. The van der Waals surface area contributed by atoms with Crippen molar-refractivity contribution in [2.75, 3.05) is 12.3 Å². The molecule has 0 radical (unpaired) electrons. The molecule has 0 aliphatic rings. The van der Waals surface area contributed by atoms with E-state index >= 15 is 4.39 Å². The number of hydrogen-bond donors (Lipinski definition) is 2. The molecule has 1 unspecified atom stereocenters. The molecular formula is C23H19ClF4N4O2. The Morgan fingerprint density at radius 2 is 1.82 bits per heavy atom. The maximum Gasteiger partial charge on any atom is 0.283 e. The minimum Gasteiger partial charge on any atom is -0.489 e. The van der Waals surface area contributed by atoms with E-state index in [1.807, 2.05) is 0 Å². The van der Waals surface area contributed by atoms with Gasteiger partial charge in [0.25, 0.3) is 5.92 Å². The molecule has 6 nitrogen and oxygen atoms in total. The van der Waals surface area contributed by atoms with Gasteiger partial charge in [0.2, 0.25) is 5.95 Å². The lowest BCUT2D eigenvalue weighted by atomic mass is 9.87. The zero-order valence-corrected chi connectivity index (χ0v) is 18.5. The highest BCUT2D eigenvalue weighted by Crippen LogP contribution is 2.41. The number of hydrogen-bond acceptors (Lipinski definition) is 5. The molecule has 1 atom stereocenters. The first-order valence-corrected chi connectivity index (χ1v) is 10.5. The lowest BCUT2D eigenvalue weighted by molar-refractivity contribution is -0.184. The Balaban J connectivity index is 1.54. The van der Waals surface area contributed by atoms with E-state index in [1.165, 1.54) is 16.6 Å². The summed E-state index contributed by atoms with van der Waals surface area (Å²) in [5.74, 6) is -5.50. The fourth-order valence-corrected chi connectivity index (χ4v) is 3.66. The average Bonchev–Trinajstić information content (AvgIpc) is 3.15. The monoisotopic (exact) mass is 494 g/mol. The second-order valence-electron chi connectivity index (χ2n) is 7.81. The number of nitrogens with two attached hydrogens (primary N) is 1. The number of aromatic nitrogens is 3. The van der Waals surface area contributed by atoms with Crippen molar-refractivity contribution in [3.63, 3.8) is 0 Å². The highest BCUT2D eigenvalue weighted by molar-refractivity contribution is 6.32. The highest BCUT2D eigenvalue weighted by Gasteiger charge is 2.50. The van der Waals surface area contributed by atoms with Gasteiger partial charge in [-0.05, 0) is 54.4 Å². The van der Waals surface area contributed by atoms with Crippen LogP contribution in [-0.4, -0.2) is 32.2 Å². The fourth-order valence-electron chi connectivity index (χ4n) is 3.46. The summed E-state index contributed by atoms with van der Waals surface area (Å²) >= 11 is 6.06. The quantitative estimate of drug-likeness (QED) is 0.344. The Hall–Kier alpha value is -3.37. The Morgan fingerprint density at radius 3 is 2.53 bits per heavy atom. The molecule has 4 rings (SSSR count). The van der Waals surface area contributed by atoms with Crippen LogP contribution in [0.3, 0.4) is 0 Å². The van der Waals surface area contributed by atoms with Crippen molar-refractivity contribution < 1.29 is 27.4 Å². The SMILES string of the molecule is CC(O)(c1ccc(F)cc1)C(F)(F)CCOc1c(Cl)ccc(-c2ccn3nc(N)nc3c2)c1F. The molecule has 0 saturated heterocycles. The zero-order valence-electron chi connectivity index (χ0n) is 17.8. The number of alkyl halides is 2. The second kappa shape index (κ2) is 8.77. The normalized spacial score (nSPS) is 13.7. The van der Waals surface area contributed by atoms with Crippen LogP contribution in [0.2, 0.25) is 5.02 Å². The number of aliphatic hydroxyl groups is 1. The van der Waals surface area contributed by atoms with Crippen molar-refractivity contribution in [1.29, 1.82) is 0 Å². The van der Waals surface area contributed by atoms with Crippen LogP contribution in [0.1, 0.15) is 18.9 Å². The minimum atomic E-state index is -3.68. The van der Waals surface area contributed by atoms with Crippen molar-refractivity contribution in [1.82, 2.24) is 14.6 Å². The Morgan fingerprint density at radius 1 is 1.12 bits per heavy atom. The molecule has 0 aliphatic carbocycles. The minimum absolute atomic E-state index is 0.0511. The molecule has 0 aliphatic heterocycles. The van der Waals surface area contributed by atoms with Gasteiger partial charge in [-0.15, -0.1) is 5.10 Å². The molecule has 0 spiro atoms. The van der Waals surface area contributed by atoms with E-state index in [0.29, 0.717) is 11.2 Å². The van der Waals surface area contributed by atoms with Crippen LogP contribution < -0.4 is 10.5 Å². The number of rotatable bonds is 7. The van der Waals surface area contributed by atoms with Gasteiger partial charge in [-0.25, -0.2) is 22.1 Å². The maximum absolute atomic E-state index is 15.2. The van der Waals surface area contributed by atoms with Gasteiger partial charge in [-0.3, -0.25) is 0 Å². The molecule has 2 aromatic carbocycles. The van der Waals surface area contributed by atoms with Crippen LogP contribution >= 0.6 is 11.6 Å². The van der Waals surface area contributed by atoms with Crippen molar-refractivity contribution in [3.8, 4) is 16.9 Å². The summed E-state index contributed by atoms with van der Waals surface area (Å²) in [4.78, 5) is 4.02. The summed E-state index contributed by atoms with van der Waals surface area (Å²) < 4.78 is 64.7. The van der Waals surface area contributed by atoms with Crippen LogP contribution in [-0.2, 0) is 5.60 Å². The molecule has 34 heavy (non-hydrogen) atoms. The van der Waals surface area contributed by atoms with E-state index in [-0.39, 0.29) is 22.1 Å². The van der Waals surface area contributed by atoms with E-state index < -0.39 is 41.9 Å². The largest absolute Gasteiger partial charge is 0.489 e. The lowest BCUT2D eigenvalue weighted by Gasteiger charge is -2.33. The number of ether oxygens (including phenoxy) is 1. The molecule has 178 valence electrons. The van der Waals surface area contributed by atoms with Gasteiger partial charge < -0.3 is 15.6 Å². The van der Waals surface area contributed by atoms with Crippen molar-refractivity contribution in [3.05, 3.63) is 76.9 Å². The van der Waals surface area contributed by atoms with Crippen molar-refractivity contribution in [2.45, 2.75) is 24.9 Å². The van der Waals surface area contributed by atoms with E-state index in [4.69, 9.17) is 22.1 Å². The number of benzene rings is 2. The van der Waals surface area contributed by atoms with E-state index in [2.05, 4.69) is 10.1 Å². The summed E-state index contributed by atoms with van der Waals surface area (Å²) in [6.07, 6.45) is 0.586. The Kier molecular flexibility index (Phi) is 6.13. The summed E-state index contributed by atoms with van der Waals surface area (Å²) in [7, 11) is 0. The second-order valence-corrected chi connectivity index (χ2v) is 8.22. The summed E-state index contributed by atoms with van der Waals surface area (Å²) in [5, 5.41) is 14.3. The van der Waals surface area contributed by atoms with E-state index in [1.54, 1.807) is 18.3 Å². The van der Waals surface area contributed by atoms with E-state index in [9.17, 15) is 18.3 Å². The molecular weight excluding hydrogens is 476 g/mol. The van der Waals surface area contributed by atoms with Crippen LogP contribution in [0.5, 0.6) is 5.75 Å². The van der Waals surface area contributed by atoms with Gasteiger partial charge in [0.1, 0.15) is 5.82 Å². The number of nitrogens with zero attached hydrogens (tertiary/aromatic N) is 3. The van der Waals surface area contributed by atoms with Crippen LogP contribution in [0, 0.1) is 11.6 Å². The molecule has 4 aromatic rings. The third-order valence-corrected chi connectivity index (χ3v) is 5.79. The summed E-state index contributed by atoms with van der Waals surface area (Å²) in [6.45, 7) is 0.270. The number of pyridine rings is 1. The maximum atomic E-state index is 15.2. The topological polar surface area (TPSA) is 85.7 Å². The molecule has 0 fully saturated rings. The van der Waals surface area contributed by atoms with Crippen molar-refractivity contribution >= 4 is 23.2 Å². The first kappa shape index (κ1) is 23.8. The first-order valence-electron chi connectivity index (χ1n) is 10.1. The predicted octanol–water partition coefficient (Wildman–Crippen LogP) is 5.22. The smallest absolute Gasteiger partial charge is 0.283 e. The van der Waals surface area contributed by atoms with Gasteiger partial charge >= 0.3 is 0 Å². The van der Waals surface area contributed by atoms with Gasteiger partial charge in [-0.1, -0.05) is 23.7 Å². The summed E-state index contributed by atoms with van der Waals surface area (Å²) in [6, 6.07) is 10.0. The number of fused-ring (bicyclic) bond motifs is 1. The molecule has 3 N–H and O–H groups in total. The lowest BCUT2D eigenvalue weighted by Crippen LogP contribution is -2.43. The number of nitrogen functional groups attached to an aromatic ring is 1. The summed E-state index contributed by atoms with van der Waals surface area (Å²) in [5.41, 5.74) is 3.70. The Labute approximate surface area is 196 Å². The van der Waals surface area contributed by atoms with E-state index in [0.717, 1.165) is 31.2 Å².